The van der Waals surface area contributed by atoms with Crippen LogP contribution in [0.2, 0.25) is 0 Å². The molecule has 0 spiro atoms. The van der Waals surface area contributed by atoms with Gasteiger partial charge in [-0.15, -0.1) is 0 Å². The fourth-order valence-corrected chi connectivity index (χ4v) is 2.37. The number of hydrogen-bond donors (Lipinski definition) is 3. The first-order valence-electron chi connectivity index (χ1n) is 5.40. The topological polar surface area (TPSA) is 128 Å². The monoisotopic (exact) mass is 285 g/mol. The highest BCUT2D eigenvalue weighted by Crippen LogP contribution is 2.32. The number of ether oxygens (including phenoxy) is 1. The smallest absolute Gasteiger partial charge is 0.330 e. The number of hydrogen-bond acceptors (Lipinski definition) is 7. The lowest BCUT2D eigenvalue weighted by Crippen LogP contribution is -2.33. The minimum atomic E-state index is -1.21. The van der Waals surface area contributed by atoms with E-state index in [1.807, 2.05) is 0 Å². The number of thioether (sulfide) groups is 1. The summed E-state index contributed by atoms with van der Waals surface area (Å²) < 4.78 is 6.48. The van der Waals surface area contributed by atoms with Crippen molar-refractivity contribution in [1.29, 1.82) is 5.26 Å². The predicted octanol–water partition coefficient (Wildman–Crippen LogP) is -1.28. The van der Waals surface area contributed by atoms with Crippen molar-refractivity contribution in [3.05, 3.63) is 33.1 Å². The van der Waals surface area contributed by atoms with E-state index in [1.54, 1.807) is 5.40 Å². The van der Waals surface area contributed by atoms with E-state index in [0.717, 1.165) is 10.6 Å². The molecule has 0 amide bonds. The number of aromatic amines is 1. The molecule has 1 fully saturated rings. The number of nitrogens with zero attached hydrogens (tertiary/aromatic N) is 2. The quantitative estimate of drug-likeness (QED) is 0.466. The van der Waals surface area contributed by atoms with Gasteiger partial charge in [-0.25, -0.2) is 4.79 Å². The molecule has 9 heteroatoms. The van der Waals surface area contributed by atoms with Crippen LogP contribution in [0, 0.1) is 10.7 Å². The Hall–Kier alpha value is -1.60. The number of thiocyanates is 1. The third-order valence-corrected chi connectivity index (χ3v) is 3.37. The summed E-state index contributed by atoms with van der Waals surface area (Å²) in [5.41, 5.74) is -2.40. The highest BCUT2D eigenvalue weighted by atomic mass is 32.2. The molecule has 0 bridgehead atoms. The summed E-state index contributed by atoms with van der Waals surface area (Å²) in [4.78, 5) is 24.6. The van der Waals surface area contributed by atoms with Crippen molar-refractivity contribution < 1.29 is 14.9 Å². The Morgan fingerprint density at radius 3 is 3.00 bits per heavy atom. The largest absolute Gasteiger partial charge is 0.390 e. The first kappa shape index (κ1) is 13.8. The lowest BCUT2D eigenvalue weighted by molar-refractivity contribution is -0.0561. The van der Waals surface area contributed by atoms with Crippen LogP contribution in [-0.2, 0) is 4.74 Å². The third kappa shape index (κ3) is 2.87. The second kappa shape index (κ2) is 5.58. The van der Waals surface area contributed by atoms with E-state index in [-0.39, 0.29) is 6.42 Å². The average molecular weight is 285 g/mol. The number of rotatable bonds is 3. The lowest BCUT2D eigenvalue weighted by Gasteiger charge is -2.18. The molecule has 0 saturated carbocycles. The first-order chi connectivity index (χ1) is 9.02. The van der Waals surface area contributed by atoms with Gasteiger partial charge in [0.1, 0.15) is 23.2 Å². The minimum absolute atomic E-state index is 0.0830. The molecule has 0 aromatic carbocycles. The number of nitrogens with one attached hydrogen (secondary N) is 1. The van der Waals surface area contributed by atoms with E-state index in [0.29, 0.717) is 11.8 Å². The number of nitriles is 1. The Kier molecular flexibility index (Phi) is 4.06. The van der Waals surface area contributed by atoms with Crippen molar-refractivity contribution in [3.63, 3.8) is 0 Å². The van der Waals surface area contributed by atoms with E-state index < -0.39 is 35.1 Å². The SMILES string of the molecule is N#CSC(O)[C@H]1O[C@@H](n2ccc(=O)[nH]c2=O)C[C@@H]1O. The van der Waals surface area contributed by atoms with Crippen LogP contribution in [0.1, 0.15) is 12.6 Å². The van der Waals surface area contributed by atoms with Gasteiger partial charge in [0, 0.05) is 18.7 Å². The van der Waals surface area contributed by atoms with Crippen LogP contribution < -0.4 is 11.2 Å². The molecule has 1 aromatic rings. The van der Waals surface area contributed by atoms with Crippen LogP contribution in [0.4, 0.5) is 0 Å². The van der Waals surface area contributed by atoms with Crippen LogP contribution in [-0.4, -0.2) is 37.4 Å². The highest BCUT2D eigenvalue weighted by molar-refractivity contribution is 8.04. The van der Waals surface area contributed by atoms with Crippen LogP contribution >= 0.6 is 11.8 Å². The zero-order chi connectivity index (χ0) is 14.0. The fraction of sp³-hybridized carbons (Fsp3) is 0.500. The maximum absolute atomic E-state index is 11.6. The summed E-state index contributed by atoms with van der Waals surface area (Å²) in [6, 6.07) is 1.16. The van der Waals surface area contributed by atoms with Gasteiger partial charge in [0.05, 0.1) is 6.10 Å². The first-order valence-corrected chi connectivity index (χ1v) is 6.28. The molecule has 8 nitrogen and oxygen atoms in total. The van der Waals surface area contributed by atoms with Gasteiger partial charge >= 0.3 is 5.69 Å². The molecule has 1 unspecified atom stereocenters. The van der Waals surface area contributed by atoms with Crippen molar-refractivity contribution in [1.82, 2.24) is 9.55 Å². The summed E-state index contributed by atoms with van der Waals surface area (Å²) in [5, 5.41) is 29.5. The zero-order valence-electron chi connectivity index (χ0n) is 9.59. The zero-order valence-corrected chi connectivity index (χ0v) is 10.4. The second-order valence-electron chi connectivity index (χ2n) is 3.98. The normalized spacial score (nSPS) is 27.9. The average Bonchev–Trinajstić information content (AvgIpc) is 2.71. The molecule has 19 heavy (non-hydrogen) atoms. The van der Waals surface area contributed by atoms with Crippen LogP contribution in [0.15, 0.2) is 21.9 Å². The molecule has 1 saturated heterocycles. The molecular weight excluding hydrogens is 274 g/mol. The maximum atomic E-state index is 11.6. The summed E-state index contributed by atoms with van der Waals surface area (Å²) in [6.45, 7) is 0. The van der Waals surface area contributed by atoms with Crippen molar-refractivity contribution in [2.24, 2.45) is 0 Å². The number of H-pyrrole nitrogens is 1. The molecule has 102 valence electrons. The molecule has 2 rings (SSSR count). The molecule has 1 aliphatic rings. The minimum Gasteiger partial charge on any atom is -0.390 e. The molecule has 3 N–H and O–H groups in total. The van der Waals surface area contributed by atoms with Crippen LogP contribution in [0.25, 0.3) is 0 Å². The molecule has 2 heterocycles. The summed E-state index contributed by atoms with van der Waals surface area (Å²) in [5.74, 6) is 0. The Bertz CT molecular complexity index is 606. The van der Waals surface area contributed by atoms with E-state index >= 15 is 0 Å². The second-order valence-corrected chi connectivity index (χ2v) is 4.88. The Morgan fingerprint density at radius 2 is 2.37 bits per heavy atom. The number of aliphatic hydroxyl groups excluding tert-OH is 2. The standard InChI is InChI=1S/C10H11N3O5S/c11-4-19-9(16)8-5(14)3-7(18-8)13-2-1-6(15)12-10(13)17/h1-2,5,7-9,14,16H,3H2,(H,12,15,17)/t5-,7+,8-,9?/m0/s1. The van der Waals surface area contributed by atoms with Gasteiger partial charge in [0.15, 0.2) is 0 Å². The van der Waals surface area contributed by atoms with Gasteiger partial charge in [0.25, 0.3) is 5.56 Å². The van der Waals surface area contributed by atoms with Gasteiger partial charge < -0.3 is 14.9 Å². The summed E-state index contributed by atoms with van der Waals surface area (Å²) in [7, 11) is 0. The summed E-state index contributed by atoms with van der Waals surface area (Å²) >= 11 is 0.567. The van der Waals surface area contributed by atoms with E-state index in [1.165, 1.54) is 6.20 Å². The molecule has 0 radical (unpaired) electrons. The maximum Gasteiger partial charge on any atom is 0.330 e. The molecule has 1 aromatic heterocycles. The number of aliphatic hydroxyl groups is 2. The van der Waals surface area contributed by atoms with Gasteiger partial charge in [-0.3, -0.25) is 14.3 Å². The van der Waals surface area contributed by atoms with Crippen molar-refractivity contribution in [3.8, 4) is 5.40 Å². The van der Waals surface area contributed by atoms with Crippen molar-refractivity contribution in [2.45, 2.75) is 30.3 Å². The van der Waals surface area contributed by atoms with Crippen LogP contribution in [0.5, 0.6) is 0 Å². The molecule has 0 aliphatic carbocycles. The molecule has 4 atom stereocenters. The van der Waals surface area contributed by atoms with Crippen molar-refractivity contribution in [2.75, 3.05) is 0 Å². The third-order valence-electron chi connectivity index (χ3n) is 2.75. The Morgan fingerprint density at radius 1 is 1.63 bits per heavy atom. The van der Waals surface area contributed by atoms with E-state index in [9.17, 15) is 19.8 Å². The molecule has 1 aliphatic heterocycles. The Labute approximate surface area is 111 Å². The van der Waals surface area contributed by atoms with E-state index in [2.05, 4.69) is 4.98 Å². The van der Waals surface area contributed by atoms with Gasteiger partial charge in [-0.05, 0) is 11.8 Å². The summed E-state index contributed by atoms with van der Waals surface area (Å²) in [6.07, 6.45) is -1.42. The lowest BCUT2D eigenvalue weighted by atomic mass is 10.2. The van der Waals surface area contributed by atoms with Crippen LogP contribution in [0.3, 0.4) is 0 Å². The number of aromatic nitrogens is 2. The predicted molar refractivity (Wildman–Crippen MR) is 65.1 cm³/mol. The highest BCUT2D eigenvalue weighted by Gasteiger charge is 2.40. The fourth-order valence-electron chi connectivity index (χ4n) is 1.88. The van der Waals surface area contributed by atoms with Gasteiger partial charge in [0.2, 0.25) is 0 Å². The van der Waals surface area contributed by atoms with E-state index in [4.69, 9.17) is 10.00 Å². The molecular formula is C10H11N3O5S. The Balaban J connectivity index is 2.19. The van der Waals surface area contributed by atoms with Crippen molar-refractivity contribution >= 4 is 11.8 Å². The van der Waals surface area contributed by atoms with Gasteiger partial charge in [-0.2, -0.15) is 5.26 Å². The van der Waals surface area contributed by atoms with Gasteiger partial charge in [-0.1, -0.05) is 0 Å².